The number of nitrogens with zero attached hydrogens (tertiary/aromatic N) is 2. The second-order valence-electron chi connectivity index (χ2n) is 8.25. The number of benzene rings is 2. The first-order valence-corrected chi connectivity index (χ1v) is 10.7. The van der Waals surface area contributed by atoms with Gasteiger partial charge in [0.1, 0.15) is 5.82 Å². The summed E-state index contributed by atoms with van der Waals surface area (Å²) in [5.41, 5.74) is 4.35. The maximum Gasteiger partial charge on any atom is 0.251 e. The molecule has 2 aliphatic heterocycles. The highest BCUT2D eigenvalue weighted by atomic mass is 19.1. The number of aryl methyl sites for hydroxylation is 1. The van der Waals surface area contributed by atoms with E-state index in [-0.39, 0.29) is 17.8 Å². The number of likely N-dealkylation sites (tertiary alicyclic amines) is 1. The molecule has 1 N–H and O–H groups in total. The van der Waals surface area contributed by atoms with Crippen LogP contribution in [0.4, 0.5) is 10.1 Å². The Morgan fingerprint density at radius 2 is 1.90 bits per heavy atom. The Morgan fingerprint density at radius 3 is 2.69 bits per heavy atom. The molecule has 0 bridgehead atoms. The molecule has 2 aromatic rings. The molecule has 2 aromatic carbocycles. The summed E-state index contributed by atoms with van der Waals surface area (Å²) in [7, 11) is 2.15. The van der Waals surface area contributed by atoms with Gasteiger partial charge in [0, 0.05) is 31.4 Å². The van der Waals surface area contributed by atoms with Gasteiger partial charge in [-0.1, -0.05) is 24.6 Å². The molecule has 29 heavy (non-hydrogen) atoms. The topological polar surface area (TPSA) is 35.6 Å². The highest BCUT2D eigenvalue weighted by Gasteiger charge is 2.25. The number of piperidine rings is 1. The number of carbonyl (C=O) groups excluding carboxylic acids is 1. The quantitative estimate of drug-likeness (QED) is 0.826. The first-order chi connectivity index (χ1) is 14.1. The van der Waals surface area contributed by atoms with Crippen molar-refractivity contribution in [2.75, 3.05) is 38.1 Å². The third kappa shape index (κ3) is 4.61. The Kier molecular flexibility index (Phi) is 6.14. The first-order valence-electron chi connectivity index (χ1n) is 10.7. The highest BCUT2D eigenvalue weighted by Crippen LogP contribution is 2.31. The minimum atomic E-state index is -0.385. The lowest BCUT2D eigenvalue weighted by atomic mass is 9.95. The number of nitrogens with one attached hydrogen (secondary N) is 1. The average Bonchev–Trinajstić information content (AvgIpc) is 2.74. The van der Waals surface area contributed by atoms with Crippen LogP contribution in [0.3, 0.4) is 0 Å². The Balaban J connectivity index is 1.54. The zero-order chi connectivity index (χ0) is 20.2. The van der Waals surface area contributed by atoms with Gasteiger partial charge in [0.2, 0.25) is 0 Å². The molecular weight excluding hydrogens is 365 g/mol. The summed E-state index contributed by atoms with van der Waals surface area (Å²) in [6.07, 6.45) is 5.95. The molecule has 0 unspecified atom stereocenters. The maximum atomic E-state index is 13.5. The van der Waals surface area contributed by atoms with E-state index < -0.39 is 0 Å². The molecule has 1 atom stereocenters. The molecule has 1 amide bonds. The molecule has 1 saturated heterocycles. The van der Waals surface area contributed by atoms with Crippen molar-refractivity contribution < 1.29 is 9.18 Å². The molecule has 0 radical (unpaired) electrons. The molecule has 0 aromatic heterocycles. The number of rotatable bonds is 5. The van der Waals surface area contributed by atoms with Gasteiger partial charge in [-0.15, -0.1) is 0 Å². The normalized spacial score (nSPS) is 18.2. The minimum absolute atomic E-state index is 0.144. The fraction of sp³-hybridized carbons (Fsp3) is 0.458. The third-order valence-electron chi connectivity index (χ3n) is 6.21. The van der Waals surface area contributed by atoms with Crippen LogP contribution in [-0.2, 0) is 6.42 Å². The van der Waals surface area contributed by atoms with Crippen molar-refractivity contribution in [3.63, 3.8) is 0 Å². The molecule has 0 saturated carbocycles. The minimum Gasteiger partial charge on any atom is -0.374 e. The molecule has 2 aliphatic rings. The second kappa shape index (κ2) is 8.95. The van der Waals surface area contributed by atoms with E-state index in [2.05, 4.69) is 40.4 Å². The zero-order valence-electron chi connectivity index (χ0n) is 17.2. The summed E-state index contributed by atoms with van der Waals surface area (Å²) < 4.78 is 13.5. The number of anilines is 1. The predicted molar refractivity (Wildman–Crippen MR) is 115 cm³/mol. The summed E-state index contributed by atoms with van der Waals surface area (Å²) >= 11 is 0. The van der Waals surface area contributed by atoms with E-state index in [0.717, 1.165) is 26.1 Å². The third-order valence-corrected chi connectivity index (χ3v) is 6.21. The number of hydrogen-bond donors (Lipinski definition) is 1. The summed E-state index contributed by atoms with van der Waals surface area (Å²) in [6, 6.07) is 12.8. The molecule has 2 heterocycles. The number of carbonyl (C=O) groups is 1. The molecule has 154 valence electrons. The number of fused-ring (bicyclic) bond motifs is 1. The van der Waals surface area contributed by atoms with Crippen molar-refractivity contribution in [3.05, 3.63) is 65.0 Å². The Hall–Kier alpha value is -2.40. The fourth-order valence-electron chi connectivity index (χ4n) is 4.62. The Bertz CT molecular complexity index is 863. The lowest BCUT2D eigenvalue weighted by Crippen LogP contribution is -2.40. The van der Waals surface area contributed by atoms with Crippen molar-refractivity contribution >= 4 is 11.6 Å². The van der Waals surface area contributed by atoms with Crippen LogP contribution in [0.2, 0.25) is 0 Å². The Morgan fingerprint density at radius 1 is 1.07 bits per heavy atom. The van der Waals surface area contributed by atoms with Crippen LogP contribution in [0.1, 0.15) is 53.2 Å². The van der Waals surface area contributed by atoms with Gasteiger partial charge in [0.05, 0.1) is 6.04 Å². The standard InChI is InChI=1S/C24H30FN3O/c1-27-12-6-8-18-15-19(10-11-22(18)27)23(28-13-3-2-4-14-28)17-26-24(29)20-7-5-9-21(25)16-20/h5,7,9-11,15-16,23H,2-4,6,8,12-14,17H2,1H3,(H,26,29)/t23-/m1/s1. The number of amides is 1. The zero-order valence-corrected chi connectivity index (χ0v) is 17.2. The maximum absolute atomic E-state index is 13.5. The van der Waals surface area contributed by atoms with Crippen molar-refractivity contribution in [3.8, 4) is 0 Å². The van der Waals surface area contributed by atoms with Crippen molar-refractivity contribution in [2.24, 2.45) is 0 Å². The van der Waals surface area contributed by atoms with Gasteiger partial charge in [-0.2, -0.15) is 0 Å². The molecular formula is C24H30FN3O. The van der Waals surface area contributed by atoms with E-state index in [1.54, 1.807) is 12.1 Å². The van der Waals surface area contributed by atoms with E-state index in [1.165, 1.54) is 54.6 Å². The van der Waals surface area contributed by atoms with Crippen LogP contribution in [0.5, 0.6) is 0 Å². The SMILES string of the molecule is CN1CCCc2cc([C@@H](CNC(=O)c3cccc(F)c3)N3CCCCC3)ccc21. The molecule has 4 rings (SSSR count). The summed E-state index contributed by atoms with van der Waals surface area (Å²) in [4.78, 5) is 17.4. The smallest absolute Gasteiger partial charge is 0.251 e. The van der Waals surface area contributed by atoms with Crippen LogP contribution in [-0.4, -0.2) is 44.0 Å². The lowest BCUT2D eigenvalue weighted by molar-refractivity contribution is 0.0924. The van der Waals surface area contributed by atoms with E-state index >= 15 is 0 Å². The van der Waals surface area contributed by atoms with E-state index in [9.17, 15) is 9.18 Å². The Labute approximate surface area is 172 Å². The fourth-order valence-corrected chi connectivity index (χ4v) is 4.62. The van der Waals surface area contributed by atoms with E-state index in [1.807, 2.05) is 0 Å². The summed E-state index contributed by atoms with van der Waals surface area (Å²) in [5.74, 6) is -0.603. The van der Waals surface area contributed by atoms with Crippen LogP contribution < -0.4 is 10.2 Å². The first kappa shape index (κ1) is 19.9. The van der Waals surface area contributed by atoms with E-state index in [0.29, 0.717) is 12.1 Å². The average molecular weight is 396 g/mol. The van der Waals surface area contributed by atoms with Crippen molar-refractivity contribution in [1.29, 1.82) is 0 Å². The number of hydrogen-bond acceptors (Lipinski definition) is 3. The second-order valence-corrected chi connectivity index (χ2v) is 8.25. The number of halogens is 1. The monoisotopic (exact) mass is 395 g/mol. The van der Waals surface area contributed by atoms with Crippen LogP contribution in [0.15, 0.2) is 42.5 Å². The van der Waals surface area contributed by atoms with Gasteiger partial charge < -0.3 is 10.2 Å². The van der Waals surface area contributed by atoms with Gasteiger partial charge in [-0.25, -0.2) is 4.39 Å². The molecule has 0 aliphatic carbocycles. The van der Waals surface area contributed by atoms with Gasteiger partial charge in [-0.05, 0) is 74.2 Å². The largest absolute Gasteiger partial charge is 0.374 e. The molecule has 4 nitrogen and oxygen atoms in total. The summed E-state index contributed by atoms with van der Waals surface area (Å²) in [6.45, 7) is 3.74. The molecule has 0 spiro atoms. The lowest BCUT2D eigenvalue weighted by Gasteiger charge is -2.36. The predicted octanol–water partition coefficient (Wildman–Crippen LogP) is 4.17. The molecule has 1 fully saturated rings. The van der Waals surface area contributed by atoms with Crippen LogP contribution in [0.25, 0.3) is 0 Å². The van der Waals surface area contributed by atoms with E-state index in [4.69, 9.17) is 0 Å². The van der Waals surface area contributed by atoms with Gasteiger partial charge in [-0.3, -0.25) is 9.69 Å². The summed E-state index contributed by atoms with van der Waals surface area (Å²) in [5, 5.41) is 3.05. The van der Waals surface area contributed by atoms with Gasteiger partial charge in [0.25, 0.3) is 5.91 Å². The van der Waals surface area contributed by atoms with Crippen LogP contribution in [0, 0.1) is 5.82 Å². The van der Waals surface area contributed by atoms with Gasteiger partial charge in [0.15, 0.2) is 0 Å². The van der Waals surface area contributed by atoms with Crippen LogP contribution >= 0.6 is 0 Å². The molecule has 5 heteroatoms. The van der Waals surface area contributed by atoms with Crippen molar-refractivity contribution in [2.45, 2.75) is 38.1 Å². The van der Waals surface area contributed by atoms with Crippen molar-refractivity contribution in [1.82, 2.24) is 10.2 Å². The highest BCUT2D eigenvalue weighted by molar-refractivity contribution is 5.94. The van der Waals surface area contributed by atoms with Gasteiger partial charge >= 0.3 is 0 Å².